The number of nitrogens with one attached hydrogen (secondary N) is 1. The van der Waals surface area contributed by atoms with Crippen LogP contribution >= 0.6 is 0 Å². The third kappa shape index (κ3) is 7.33. The molecule has 3 heteroatoms. The van der Waals surface area contributed by atoms with E-state index in [2.05, 4.69) is 22.2 Å². The van der Waals surface area contributed by atoms with E-state index in [-0.39, 0.29) is 0 Å². The van der Waals surface area contributed by atoms with Crippen LogP contribution in [0, 0.1) is 0 Å². The summed E-state index contributed by atoms with van der Waals surface area (Å²) >= 11 is 0. The Morgan fingerprint density at radius 3 is 2.73 bits per heavy atom. The maximum Gasteiger partial charge on any atom is 0.117 e. The van der Waals surface area contributed by atoms with Gasteiger partial charge in [0.05, 0.1) is 7.11 Å². The highest BCUT2D eigenvalue weighted by Gasteiger charge is 1.86. The zero-order chi connectivity index (χ0) is 8.53. The fraction of sp³-hybridized carbons (Fsp3) is 0.875. The standard InChI is InChI=1S/C8H18N2O/c1-4-5-6-7-9-8(2)10-11-3/h4-7H2,1-3H3,(H,9,10). The summed E-state index contributed by atoms with van der Waals surface area (Å²) in [6, 6.07) is 0. The number of aliphatic imine (C=N–C) groups is 1. The van der Waals surface area contributed by atoms with Crippen molar-refractivity contribution in [2.75, 3.05) is 13.7 Å². The van der Waals surface area contributed by atoms with Crippen molar-refractivity contribution >= 4 is 5.84 Å². The summed E-state index contributed by atoms with van der Waals surface area (Å²) in [5.41, 5.74) is 2.67. The first-order valence-corrected chi connectivity index (χ1v) is 4.11. The first kappa shape index (κ1) is 10.4. The number of nitrogens with zero attached hydrogens (tertiary/aromatic N) is 1. The van der Waals surface area contributed by atoms with Crippen molar-refractivity contribution in [1.82, 2.24) is 5.48 Å². The summed E-state index contributed by atoms with van der Waals surface area (Å²) in [7, 11) is 1.59. The summed E-state index contributed by atoms with van der Waals surface area (Å²) in [6.07, 6.45) is 3.66. The molecule has 11 heavy (non-hydrogen) atoms. The molecule has 0 saturated heterocycles. The van der Waals surface area contributed by atoms with Gasteiger partial charge in [-0.2, -0.15) is 0 Å². The average Bonchev–Trinajstić information content (AvgIpc) is 1.99. The Labute approximate surface area is 68.8 Å². The smallest absolute Gasteiger partial charge is 0.117 e. The molecule has 0 aliphatic rings. The number of amidine groups is 1. The number of unbranched alkanes of at least 4 members (excludes halogenated alkanes) is 2. The maximum atomic E-state index is 4.68. The van der Waals surface area contributed by atoms with Gasteiger partial charge >= 0.3 is 0 Å². The molecule has 0 radical (unpaired) electrons. The van der Waals surface area contributed by atoms with E-state index in [1.165, 1.54) is 19.3 Å². The Kier molecular flexibility index (Phi) is 7.15. The SMILES string of the molecule is CCCCCN=C(C)NOC. The average molecular weight is 158 g/mol. The van der Waals surface area contributed by atoms with E-state index in [1.807, 2.05) is 6.92 Å². The van der Waals surface area contributed by atoms with Crippen molar-refractivity contribution in [1.29, 1.82) is 0 Å². The van der Waals surface area contributed by atoms with Gasteiger partial charge in [-0.25, -0.2) is 0 Å². The summed E-state index contributed by atoms with van der Waals surface area (Å²) < 4.78 is 0. The molecule has 0 amide bonds. The minimum atomic E-state index is 0.851. The highest BCUT2D eigenvalue weighted by molar-refractivity contribution is 5.78. The second kappa shape index (κ2) is 7.54. The van der Waals surface area contributed by atoms with Crippen LogP contribution in [-0.4, -0.2) is 19.5 Å². The molecule has 0 aliphatic heterocycles. The van der Waals surface area contributed by atoms with Crippen LogP contribution in [0.25, 0.3) is 0 Å². The van der Waals surface area contributed by atoms with Gasteiger partial charge in [0.2, 0.25) is 0 Å². The van der Waals surface area contributed by atoms with E-state index in [9.17, 15) is 0 Å². The number of hydrogen-bond donors (Lipinski definition) is 1. The molecule has 0 aromatic rings. The summed E-state index contributed by atoms with van der Waals surface area (Å²) in [6.45, 7) is 4.98. The van der Waals surface area contributed by atoms with Crippen LogP contribution in [0.15, 0.2) is 4.99 Å². The topological polar surface area (TPSA) is 33.6 Å². The maximum absolute atomic E-state index is 4.68. The number of hydroxylamine groups is 1. The number of rotatable bonds is 5. The Hall–Kier alpha value is -0.570. The van der Waals surface area contributed by atoms with Crippen molar-refractivity contribution in [3.63, 3.8) is 0 Å². The van der Waals surface area contributed by atoms with Crippen LogP contribution in [0.1, 0.15) is 33.1 Å². The molecule has 0 aromatic carbocycles. The zero-order valence-corrected chi connectivity index (χ0v) is 7.68. The molecule has 1 N–H and O–H groups in total. The molecule has 0 atom stereocenters. The number of hydrogen-bond acceptors (Lipinski definition) is 2. The van der Waals surface area contributed by atoms with Gasteiger partial charge in [0.25, 0.3) is 0 Å². The molecule has 0 bridgehead atoms. The van der Waals surface area contributed by atoms with Gasteiger partial charge in [0.1, 0.15) is 5.84 Å². The minimum absolute atomic E-state index is 0.851. The normalized spacial score (nSPS) is 11.7. The molecule has 66 valence electrons. The summed E-state index contributed by atoms with van der Waals surface area (Å²) in [4.78, 5) is 8.91. The van der Waals surface area contributed by atoms with Crippen molar-refractivity contribution in [3.8, 4) is 0 Å². The van der Waals surface area contributed by atoms with Gasteiger partial charge in [0.15, 0.2) is 0 Å². The van der Waals surface area contributed by atoms with E-state index >= 15 is 0 Å². The first-order chi connectivity index (χ1) is 5.31. The van der Waals surface area contributed by atoms with Crippen LogP contribution in [0.4, 0.5) is 0 Å². The quantitative estimate of drug-likeness (QED) is 0.286. The van der Waals surface area contributed by atoms with E-state index in [4.69, 9.17) is 0 Å². The summed E-state index contributed by atoms with van der Waals surface area (Å²) in [5.74, 6) is 0.851. The molecule has 0 fully saturated rings. The lowest BCUT2D eigenvalue weighted by Crippen LogP contribution is -2.18. The third-order valence-electron chi connectivity index (χ3n) is 1.36. The van der Waals surface area contributed by atoms with Crippen molar-refractivity contribution in [2.45, 2.75) is 33.1 Å². The minimum Gasteiger partial charge on any atom is -0.278 e. The molecule has 0 aliphatic carbocycles. The van der Waals surface area contributed by atoms with E-state index in [0.717, 1.165) is 12.4 Å². The molecule has 0 rings (SSSR count). The van der Waals surface area contributed by atoms with Crippen molar-refractivity contribution in [2.24, 2.45) is 4.99 Å². The van der Waals surface area contributed by atoms with Crippen LogP contribution in [0.2, 0.25) is 0 Å². The van der Waals surface area contributed by atoms with Crippen LogP contribution in [0.5, 0.6) is 0 Å². The Morgan fingerprint density at radius 2 is 2.18 bits per heavy atom. The predicted molar refractivity (Wildman–Crippen MR) is 47.6 cm³/mol. The predicted octanol–water partition coefficient (Wildman–Crippen LogP) is 1.75. The van der Waals surface area contributed by atoms with Gasteiger partial charge in [0, 0.05) is 6.54 Å². The van der Waals surface area contributed by atoms with Gasteiger partial charge in [-0.05, 0) is 13.3 Å². The van der Waals surface area contributed by atoms with Gasteiger partial charge < -0.3 is 0 Å². The third-order valence-corrected chi connectivity index (χ3v) is 1.36. The highest BCUT2D eigenvalue weighted by atomic mass is 16.6. The second-order valence-corrected chi connectivity index (χ2v) is 2.48. The Bertz CT molecular complexity index is 113. The van der Waals surface area contributed by atoms with Crippen LogP contribution < -0.4 is 5.48 Å². The fourth-order valence-corrected chi connectivity index (χ4v) is 0.789. The zero-order valence-electron chi connectivity index (χ0n) is 7.68. The van der Waals surface area contributed by atoms with E-state index < -0.39 is 0 Å². The first-order valence-electron chi connectivity index (χ1n) is 4.11. The summed E-state index contributed by atoms with van der Waals surface area (Å²) in [5, 5.41) is 0. The largest absolute Gasteiger partial charge is 0.278 e. The lowest BCUT2D eigenvalue weighted by Gasteiger charge is -2.00. The lowest BCUT2D eigenvalue weighted by molar-refractivity contribution is 0.143. The van der Waals surface area contributed by atoms with Crippen molar-refractivity contribution < 1.29 is 4.84 Å². The molecular weight excluding hydrogens is 140 g/mol. The fourth-order valence-electron chi connectivity index (χ4n) is 0.789. The van der Waals surface area contributed by atoms with Gasteiger partial charge in [-0.15, -0.1) is 0 Å². The molecule has 0 unspecified atom stereocenters. The van der Waals surface area contributed by atoms with E-state index in [1.54, 1.807) is 7.11 Å². The van der Waals surface area contributed by atoms with Gasteiger partial charge in [-0.1, -0.05) is 19.8 Å². The Balaban J connectivity index is 3.24. The molecule has 3 nitrogen and oxygen atoms in total. The highest BCUT2D eigenvalue weighted by Crippen LogP contribution is 1.93. The lowest BCUT2D eigenvalue weighted by atomic mass is 10.2. The van der Waals surface area contributed by atoms with E-state index in [0.29, 0.717) is 0 Å². The van der Waals surface area contributed by atoms with Gasteiger partial charge in [-0.3, -0.25) is 15.3 Å². The van der Waals surface area contributed by atoms with Crippen LogP contribution in [-0.2, 0) is 4.84 Å². The molecule has 0 heterocycles. The Morgan fingerprint density at radius 1 is 1.45 bits per heavy atom. The molecule has 0 saturated carbocycles. The monoisotopic (exact) mass is 158 g/mol. The second-order valence-electron chi connectivity index (χ2n) is 2.48. The molecule has 0 aromatic heterocycles. The molecule has 0 spiro atoms. The van der Waals surface area contributed by atoms with Crippen LogP contribution in [0.3, 0.4) is 0 Å². The van der Waals surface area contributed by atoms with Crippen molar-refractivity contribution in [3.05, 3.63) is 0 Å². The molecular formula is C8H18N2O.